The summed E-state index contributed by atoms with van der Waals surface area (Å²) < 4.78 is 5.66. The number of methoxy groups -OCH3 is 1. The van der Waals surface area contributed by atoms with Gasteiger partial charge in [0.25, 0.3) is 0 Å². The van der Waals surface area contributed by atoms with Gasteiger partial charge < -0.3 is 15.4 Å². The number of pyridine rings is 1. The maximum atomic E-state index is 11.5. The van der Waals surface area contributed by atoms with Gasteiger partial charge in [0.1, 0.15) is 0 Å². The summed E-state index contributed by atoms with van der Waals surface area (Å²) in [5.41, 5.74) is 6.32. The predicted octanol–water partition coefficient (Wildman–Crippen LogP) is 6.42. The number of nitrogens with zero attached hydrogens (tertiary/aromatic N) is 1. The standard InChI is InChI=1S/C23H21BrN4O2/c1-13-5-4-6-17-21(13)28-19-11-14(24)7-9-16(19)22(17)27-18-10-8-15(12-20(18)25-2)26-23(29)30-3/h4-12,25H,1-3H3,(H,26,29)(H,27,28). The Hall–Kier alpha value is -3.32. The number of fused-ring (bicyclic) bond motifs is 2. The van der Waals surface area contributed by atoms with E-state index in [4.69, 9.17) is 4.98 Å². The predicted molar refractivity (Wildman–Crippen MR) is 127 cm³/mol. The van der Waals surface area contributed by atoms with E-state index >= 15 is 0 Å². The molecule has 1 aromatic heterocycles. The zero-order valence-corrected chi connectivity index (χ0v) is 18.4. The maximum Gasteiger partial charge on any atom is 0.411 e. The summed E-state index contributed by atoms with van der Waals surface area (Å²) in [6, 6.07) is 17.9. The SMILES string of the molecule is CNc1cc(NC(=O)OC)ccc1Nc1c2ccc(Br)cc2nc2c(C)cccc12. The molecule has 6 nitrogen and oxygen atoms in total. The van der Waals surface area contributed by atoms with Gasteiger partial charge in [-0.05, 0) is 48.9 Å². The van der Waals surface area contributed by atoms with Crippen LogP contribution in [0.25, 0.3) is 21.8 Å². The van der Waals surface area contributed by atoms with Crippen LogP contribution in [0.2, 0.25) is 0 Å². The molecule has 3 N–H and O–H groups in total. The van der Waals surface area contributed by atoms with Crippen LogP contribution in [0.5, 0.6) is 0 Å². The number of aromatic nitrogens is 1. The van der Waals surface area contributed by atoms with Crippen molar-refractivity contribution in [3.8, 4) is 0 Å². The van der Waals surface area contributed by atoms with E-state index in [2.05, 4.69) is 61.7 Å². The number of benzene rings is 3. The second kappa shape index (κ2) is 8.20. The number of hydrogen-bond donors (Lipinski definition) is 3. The zero-order valence-electron chi connectivity index (χ0n) is 16.8. The molecular formula is C23H21BrN4O2. The lowest BCUT2D eigenvalue weighted by atomic mass is 10.0. The Labute approximate surface area is 182 Å². The first kappa shape index (κ1) is 20.0. The summed E-state index contributed by atoms with van der Waals surface area (Å²) in [5, 5.41) is 11.5. The minimum Gasteiger partial charge on any atom is -0.453 e. The normalized spacial score (nSPS) is 10.8. The topological polar surface area (TPSA) is 75.3 Å². The van der Waals surface area contributed by atoms with Crippen LogP contribution in [0.4, 0.5) is 27.5 Å². The summed E-state index contributed by atoms with van der Waals surface area (Å²) in [7, 11) is 3.18. The van der Waals surface area contributed by atoms with Gasteiger partial charge in [-0.3, -0.25) is 5.32 Å². The molecule has 152 valence electrons. The van der Waals surface area contributed by atoms with Crippen LogP contribution in [0.3, 0.4) is 0 Å². The smallest absolute Gasteiger partial charge is 0.411 e. The fraction of sp³-hybridized carbons (Fsp3) is 0.130. The van der Waals surface area contributed by atoms with Crippen LogP contribution in [-0.4, -0.2) is 25.2 Å². The van der Waals surface area contributed by atoms with E-state index in [1.54, 1.807) is 0 Å². The minimum absolute atomic E-state index is 0.509. The van der Waals surface area contributed by atoms with Gasteiger partial charge in [0.2, 0.25) is 0 Å². The van der Waals surface area contributed by atoms with Gasteiger partial charge in [-0.2, -0.15) is 0 Å². The quantitative estimate of drug-likeness (QED) is 0.303. The summed E-state index contributed by atoms with van der Waals surface area (Å²) >= 11 is 3.55. The van der Waals surface area contributed by atoms with Crippen molar-refractivity contribution in [2.45, 2.75) is 6.92 Å². The Balaban J connectivity index is 1.87. The number of aryl methyl sites for hydroxylation is 1. The van der Waals surface area contributed by atoms with Crippen molar-refractivity contribution in [3.05, 3.63) is 64.6 Å². The monoisotopic (exact) mass is 464 g/mol. The minimum atomic E-state index is -0.509. The van der Waals surface area contributed by atoms with Crippen LogP contribution >= 0.6 is 15.9 Å². The van der Waals surface area contributed by atoms with Crippen LogP contribution in [0.15, 0.2) is 59.1 Å². The van der Waals surface area contributed by atoms with E-state index in [1.807, 2.05) is 43.4 Å². The molecule has 3 aromatic carbocycles. The van der Waals surface area contributed by atoms with E-state index in [0.717, 1.165) is 48.9 Å². The van der Waals surface area contributed by atoms with E-state index in [-0.39, 0.29) is 0 Å². The number of nitrogens with one attached hydrogen (secondary N) is 3. The molecular weight excluding hydrogens is 444 g/mol. The Kier molecular flexibility index (Phi) is 5.46. The van der Waals surface area contributed by atoms with Crippen molar-refractivity contribution in [1.29, 1.82) is 0 Å². The van der Waals surface area contributed by atoms with Crippen molar-refractivity contribution < 1.29 is 9.53 Å². The molecule has 0 radical (unpaired) electrons. The average molecular weight is 465 g/mol. The first-order valence-corrected chi connectivity index (χ1v) is 10.2. The number of rotatable bonds is 4. The Morgan fingerprint density at radius 3 is 2.63 bits per heavy atom. The molecule has 0 spiro atoms. The summed E-state index contributed by atoms with van der Waals surface area (Å²) in [6.45, 7) is 2.06. The van der Waals surface area contributed by atoms with E-state index < -0.39 is 6.09 Å². The first-order valence-electron chi connectivity index (χ1n) is 9.42. The van der Waals surface area contributed by atoms with Gasteiger partial charge >= 0.3 is 6.09 Å². The summed E-state index contributed by atoms with van der Waals surface area (Å²) in [4.78, 5) is 16.4. The Morgan fingerprint density at radius 1 is 1.03 bits per heavy atom. The highest BCUT2D eigenvalue weighted by molar-refractivity contribution is 9.10. The molecule has 4 aromatic rings. The van der Waals surface area contributed by atoms with Gasteiger partial charge in [0, 0.05) is 28.0 Å². The number of ether oxygens (including phenoxy) is 1. The average Bonchev–Trinajstić information content (AvgIpc) is 2.74. The zero-order chi connectivity index (χ0) is 21.3. The van der Waals surface area contributed by atoms with Crippen LogP contribution in [0, 0.1) is 6.92 Å². The number of anilines is 4. The van der Waals surface area contributed by atoms with Crippen LogP contribution in [-0.2, 0) is 4.74 Å². The van der Waals surface area contributed by atoms with Crippen molar-refractivity contribution >= 4 is 66.6 Å². The third-order valence-corrected chi connectivity index (χ3v) is 5.44. The number of halogens is 1. The van der Waals surface area contributed by atoms with E-state index in [1.165, 1.54) is 7.11 Å². The first-order chi connectivity index (χ1) is 14.5. The molecule has 0 unspecified atom stereocenters. The Morgan fingerprint density at radius 2 is 1.87 bits per heavy atom. The van der Waals surface area contributed by atoms with Crippen molar-refractivity contribution in [1.82, 2.24) is 4.98 Å². The molecule has 0 bridgehead atoms. The molecule has 1 heterocycles. The number of para-hydroxylation sites is 1. The lowest BCUT2D eigenvalue weighted by Crippen LogP contribution is -2.11. The van der Waals surface area contributed by atoms with Gasteiger partial charge in [0.05, 0.1) is 35.2 Å². The molecule has 0 fully saturated rings. The second-order valence-electron chi connectivity index (χ2n) is 6.87. The van der Waals surface area contributed by atoms with Crippen molar-refractivity contribution in [2.24, 2.45) is 0 Å². The number of carbonyl (C=O) groups is 1. The summed E-state index contributed by atoms with van der Waals surface area (Å²) in [5.74, 6) is 0. The fourth-order valence-corrected chi connectivity index (χ4v) is 3.81. The fourth-order valence-electron chi connectivity index (χ4n) is 3.46. The van der Waals surface area contributed by atoms with E-state index in [0.29, 0.717) is 5.69 Å². The van der Waals surface area contributed by atoms with Gasteiger partial charge in [-0.15, -0.1) is 0 Å². The molecule has 0 saturated carbocycles. The number of amides is 1. The second-order valence-corrected chi connectivity index (χ2v) is 7.79. The highest BCUT2D eigenvalue weighted by Gasteiger charge is 2.13. The maximum absolute atomic E-state index is 11.5. The molecule has 1 amide bonds. The molecule has 0 saturated heterocycles. The summed E-state index contributed by atoms with van der Waals surface area (Å²) in [6.07, 6.45) is -0.509. The van der Waals surface area contributed by atoms with Crippen molar-refractivity contribution in [2.75, 3.05) is 30.1 Å². The van der Waals surface area contributed by atoms with Gasteiger partial charge in [0.15, 0.2) is 0 Å². The van der Waals surface area contributed by atoms with Gasteiger partial charge in [-0.1, -0.05) is 34.1 Å². The third kappa shape index (κ3) is 3.76. The van der Waals surface area contributed by atoms with E-state index in [9.17, 15) is 4.79 Å². The van der Waals surface area contributed by atoms with Crippen molar-refractivity contribution in [3.63, 3.8) is 0 Å². The highest BCUT2D eigenvalue weighted by Crippen LogP contribution is 2.37. The molecule has 7 heteroatoms. The Bertz CT molecular complexity index is 1270. The molecule has 0 atom stereocenters. The third-order valence-electron chi connectivity index (χ3n) is 4.95. The van der Waals surface area contributed by atoms with Crippen LogP contribution < -0.4 is 16.0 Å². The lowest BCUT2D eigenvalue weighted by Gasteiger charge is -2.18. The van der Waals surface area contributed by atoms with Crippen LogP contribution in [0.1, 0.15) is 5.56 Å². The molecule has 4 rings (SSSR count). The number of carbonyl (C=O) groups excluding carboxylic acids is 1. The molecule has 0 aliphatic heterocycles. The molecule has 0 aliphatic rings. The largest absolute Gasteiger partial charge is 0.453 e. The highest BCUT2D eigenvalue weighted by atomic mass is 79.9. The lowest BCUT2D eigenvalue weighted by molar-refractivity contribution is 0.187. The molecule has 0 aliphatic carbocycles. The number of hydrogen-bond acceptors (Lipinski definition) is 5. The molecule has 30 heavy (non-hydrogen) atoms. The van der Waals surface area contributed by atoms with Gasteiger partial charge in [-0.25, -0.2) is 9.78 Å².